The minimum atomic E-state index is -5.78. The van der Waals surface area contributed by atoms with Crippen molar-refractivity contribution in [3.63, 3.8) is 0 Å². The number of alkyl halides is 6. The lowest BCUT2D eigenvalue weighted by molar-refractivity contribution is -0.288. The number of carbonyl (C=O) groups is 2. The van der Waals surface area contributed by atoms with Gasteiger partial charge in [0.2, 0.25) is 17.2 Å². The zero-order chi connectivity index (χ0) is 31.4. The van der Waals surface area contributed by atoms with Crippen LogP contribution in [0.1, 0.15) is 25.0 Å². The first-order chi connectivity index (χ1) is 20.2. The molecule has 2 N–H and O–H groups in total. The fourth-order valence-electron chi connectivity index (χ4n) is 4.48. The fourth-order valence-corrected chi connectivity index (χ4v) is 4.48. The van der Waals surface area contributed by atoms with Gasteiger partial charge in [0, 0.05) is 37.4 Å². The van der Waals surface area contributed by atoms with Gasteiger partial charge in [0.15, 0.2) is 0 Å². The maximum absolute atomic E-state index is 14.6. The van der Waals surface area contributed by atoms with Crippen LogP contribution in [-0.2, 0) is 15.0 Å². The highest BCUT2D eigenvalue weighted by Gasteiger charge is 2.72. The molecule has 0 spiro atoms. The highest BCUT2D eigenvalue weighted by atomic mass is 19.4. The number of rotatable bonds is 8. The molecule has 0 aliphatic heterocycles. The van der Waals surface area contributed by atoms with Gasteiger partial charge in [-0.05, 0) is 59.7 Å². The molecule has 0 aliphatic carbocycles. The minimum Gasteiger partial charge on any atom is -0.457 e. The third kappa shape index (κ3) is 6.91. The Bertz CT molecular complexity index is 1480. The molecule has 0 heterocycles. The lowest BCUT2D eigenvalue weighted by Gasteiger charge is -2.38. The number of anilines is 2. The Balaban J connectivity index is 1.66. The maximum atomic E-state index is 14.6. The standard InChI is InChI=1S/C31H24F6N2O4/c1-19(40)38-23-5-3-7-27(17-23)42-25-13-9-21(10-14-25)29(30(32,33)34,31(35,36)37)22-11-15-26(16-12-22)43-28-8-4-6-24(18-28)39-20(2)41/h3-18H,1-2H3,(H,38,40)(H,39,41). The summed E-state index contributed by atoms with van der Waals surface area (Å²) in [4.78, 5) is 22.6. The van der Waals surface area contributed by atoms with Gasteiger partial charge in [-0.15, -0.1) is 0 Å². The van der Waals surface area contributed by atoms with Crippen LogP contribution in [-0.4, -0.2) is 24.2 Å². The molecule has 4 aromatic rings. The Morgan fingerprint density at radius 1 is 0.535 bits per heavy atom. The van der Waals surface area contributed by atoms with Crippen molar-refractivity contribution in [3.8, 4) is 23.0 Å². The van der Waals surface area contributed by atoms with Crippen molar-refractivity contribution >= 4 is 23.2 Å². The van der Waals surface area contributed by atoms with E-state index in [0.29, 0.717) is 35.6 Å². The number of carbonyl (C=O) groups excluding carboxylic acids is 2. The molecule has 0 aromatic heterocycles. The number of nitrogens with one attached hydrogen (secondary N) is 2. The second-order valence-electron chi connectivity index (χ2n) is 9.42. The molecule has 2 amide bonds. The van der Waals surface area contributed by atoms with Crippen LogP contribution in [0.2, 0.25) is 0 Å². The van der Waals surface area contributed by atoms with E-state index in [2.05, 4.69) is 10.6 Å². The van der Waals surface area contributed by atoms with E-state index in [1.807, 2.05) is 0 Å². The second kappa shape index (κ2) is 12.1. The molecule has 4 rings (SSSR count). The third-order valence-electron chi connectivity index (χ3n) is 6.21. The zero-order valence-electron chi connectivity index (χ0n) is 22.6. The number of hydrogen-bond donors (Lipinski definition) is 2. The van der Waals surface area contributed by atoms with Crippen molar-refractivity contribution in [2.45, 2.75) is 31.6 Å². The zero-order valence-corrected chi connectivity index (χ0v) is 22.6. The number of ether oxygens (including phenoxy) is 2. The van der Waals surface area contributed by atoms with Gasteiger partial charge in [-0.1, -0.05) is 36.4 Å². The van der Waals surface area contributed by atoms with Crippen molar-refractivity contribution in [2.24, 2.45) is 0 Å². The summed E-state index contributed by atoms with van der Waals surface area (Å²) in [5.74, 6) is -0.314. The Labute approximate surface area is 242 Å². The molecule has 0 unspecified atom stereocenters. The smallest absolute Gasteiger partial charge is 0.411 e. The van der Waals surface area contributed by atoms with Crippen LogP contribution in [0.25, 0.3) is 0 Å². The van der Waals surface area contributed by atoms with Gasteiger partial charge in [-0.3, -0.25) is 9.59 Å². The summed E-state index contributed by atoms with van der Waals surface area (Å²) < 4.78 is 98.7. The van der Waals surface area contributed by atoms with Crippen LogP contribution in [0.5, 0.6) is 23.0 Å². The van der Waals surface area contributed by atoms with E-state index in [1.165, 1.54) is 38.1 Å². The molecule has 0 saturated heterocycles. The maximum Gasteiger partial charge on any atom is 0.411 e. The highest BCUT2D eigenvalue weighted by molar-refractivity contribution is 5.89. The minimum absolute atomic E-state index is 0.0211. The van der Waals surface area contributed by atoms with E-state index in [0.717, 1.165) is 24.3 Å². The van der Waals surface area contributed by atoms with Crippen LogP contribution in [0, 0.1) is 0 Å². The topological polar surface area (TPSA) is 76.7 Å². The van der Waals surface area contributed by atoms with Gasteiger partial charge >= 0.3 is 12.4 Å². The van der Waals surface area contributed by atoms with Gasteiger partial charge in [0.25, 0.3) is 0 Å². The number of hydrogen-bond acceptors (Lipinski definition) is 4. The summed E-state index contributed by atoms with van der Waals surface area (Å²) in [6, 6.07) is 19.1. The van der Waals surface area contributed by atoms with E-state index < -0.39 is 28.9 Å². The van der Waals surface area contributed by atoms with Crippen LogP contribution in [0.4, 0.5) is 37.7 Å². The number of benzene rings is 4. The number of amides is 2. The summed E-state index contributed by atoms with van der Waals surface area (Å²) in [6.07, 6.45) is -11.6. The molecule has 0 aliphatic rings. The predicted octanol–water partition coefficient (Wildman–Crippen LogP) is 8.60. The molecular weight excluding hydrogens is 578 g/mol. The first-order valence-corrected chi connectivity index (χ1v) is 12.6. The lowest BCUT2D eigenvalue weighted by atomic mass is 9.73. The Hall–Kier alpha value is -5.00. The SMILES string of the molecule is CC(=O)Nc1cccc(Oc2ccc(C(c3ccc(Oc4cccc(NC(C)=O)c4)cc3)(C(F)(F)F)C(F)(F)F)cc2)c1. The van der Waals surface area contributed by atoms with E-state index in [9.17, 15) is 35.9 Å². The predicted molar refractivity (Wildman–Crippen MR) is 147 cm³/mol. The van der Waals surface area contributed by atoms with Crippen LogP contribution in [0.15, 0.2) is 97.1 Å². The fraction of sp³-hybridized carbons (Fsp3) is 0.161. The molecule has 0 bridgehead atoms. The summed E-state index contributed by atoms with van der Waals surface area (Å²) in [5, 5.41) is 5.09. The van der Waals surface area contributed by atoms with E-state index >= 15 is 0 Å². The quantitative estimate of drug-likeness (QED) is 0.198. The first kappa shape index (κ1) is 30.9. The summed E-state index contributed by atoms with van der Waals surface area (Å²) in [5.41, 5.74) is -5.72. The van der Waals surface area contributed by atoms with Crippen molar-refractivity contribution in [2.75, 3.05) is 10.6 Å². The molecule has 12 heteroatoms. The van der Waals surface area contributed by atoms with Crippen molar-refractivity contribution in [3.05, 3.63) is 108 Å². The van der Waals surface area contributed by atoms with Crippen molar-refractivity contribution in [1.29, 1.82) is 0 Å². The molecule has 0 radical (unpaired) electrons. The summed E-state index contributed by atoms with van der Waals surface area (Å²) in [6.45, 7) is 2.60. The second-order valence-corrected chi connectivity index (χ2v) is 9.42. The summed E-state index contributed by atoms with van der Waals surface area (Å²) in [7, 11) is 0. The van der Waals surface area contributed by atoms with Crippen LogP contribution in [0.3, 0.4) is 0 Å². The van der Waals surface area contributed by atoms with Crippen LogP contribution < -0.4 is 20.1 Å². The van der Waals surface area contributed by atoms with Crippen LogP contribution >= 0.6 is 0 Å². The largest absolute Gasteiger partial charge is 0.457 e. The first-order valence-electron chi connectivity index (χ1n) is 12.6. The van der Waals surface area contributed by atoms with Gasteiger partial charge in [-0.25, -0.2) is 0 Å². The Morgan fingerprint density at radius 2 is 0.884 bits per heavy atom. The van der Waals surface area contributed by atoms with E-state index in [1.54, 1.807) is 24.3 Å². The molecule has 4 aromatic carbocycles. The van der Waals surface area contributed by atoms with E-state index in [-0.39, 0.29) is 34.8 Å². The van der Waals surface area contributed by atoms with Gasteiger partial charge in [-0.2, -0.15) is 26.3 Å². The molecule has 6 nitrogen and oxygen atoms in total. The Morgan fingerprint density at radius 3 is 1.19 bits per heavy atom. The van der Waals surface area contributed by atoms with Gasteiger partial charge < -0.3 is 20.1 Å². The highest BCUT2D eigenvalue weighted by Crippen LogP contribution is 2.56. The van der Waals surface area contributed by atoms with Gasteiger partial charge in [0.05, 0.1) is 0 Å². The summed E-state index contributed by atoms with van der Waals surface area (Å²) >= 11 is 0. The number of halogens is 6. The molecular formula is C31H24F6N2O4. The third-order valence-corrected chi connectivity index (χ3v) is 6.21. The molecule has 43 heavy (non-hydrogen) atoms. The molecule has 0 fully saturated rings. The van der Waals surface area contributed by atoms with Crippen molar-refractivity contribution < 1.29 is 45.4 Å². The average Bonchev–Trinajstić information content (AvgIpc) is 2.89. The Kier molecular flexibility index (Phi) is 8.70. The monoisotopic (exact) mass is 602 g/mol. The molecule has 224 valence electrons. The van der Waals surface area contributed by atoms with E-state index in [4.69, 9.17) is 9.47 Å². The normalized spacial score (nSPS) is 11.9. The lowest BCUT2D eigenvalue weighted by Crippen LogP contribution is -2.54. The van der Waals surface area contributed by atoms with Gasteiger partial charge in [0.1, 0.15) is 23.0 Å². The molecule has 0 saturated carbocycles. The average molecular weight is 603 g/mol. The van der Waals surface area contributed by atoms with Crippen molar-refractivity contribution in [1.82, 2.24) is 0 Å². The molecule has 0 atom stereocenters.